The van der Waals surface area contributed by atoms with Crippen LogP contribution in [0.3, 0.4) is 0 Å². The van der Waals surface area contributed by atoms with E-state index in [9.17, 15) is 0 Å². The first-order valence-electron chi connectivity index (χ1n) is 9.26. The second kappa shape index (κ2) is 5.94. The van der Waals surface area contributed by atoms with Gasteiger partial charge < -0.3 is 0 Å². The van der Waals surface area contributed by atoms with Gasteiger partial charge in [-0.05, 0) is 0 Å². The number of rotatable bonds is 3. The fraction of sp³-hybridized carbons (Fsp3) is 0.182. The number of ether oxygens (including phenoxy) is 1. The molecule has 2 aliphatic heterocycles. The zero-order valence-corrected chi connectivity index (χ0v) is 17.5. The van der Waals surface area contributed by atoms with E-state index in [1.807, 2.05) is 75.4 Å². The zero-order chi connectivity index (χ0) is 20.2. The van der Waals surface area contributed by atoms with Crippen LogP contribution in [0.4, 0.5) is 0 Å². The van der Waals surface area contributed by atoms with Crippen LogP contribution >= 0.6 is 7.74 Å². The molecule has 2 aliphatic rings. The molecule has 150 valence electrons. The number of fused-ring (bicyclic) bond motifs is 2. The Labute approximate surface area is 169 Å². The van der Waals surface area contributed by atoms with Crippen molar-refractivity contribution in [2.45, 2.75) is 20.8 Å². The zero-order valence-electron chi connectivity index (χ0n) is 16.6. The van der Waals surface area contributed by atoms with Gasteiger partial charge in [0.25, 0.3) is 0 Å². The molecule has 0 saturated heterocycles. The summed E-state index contributed by atoms with van der Waals surface area (Å²) >= 11 is 0. The van der Waals surface area contributed by atoms with Crippen molar-refractivity contribution >= 4 is 7.74 Å². The monoisotopic (exact) mass is 412 g/mol. The third kappa shape index (κ3) is 2.83. The second-order valence-corrected chi connectivity index (χ2v) is 9.66. The van der Waals surface area contributed by atoms with Crippen LogP contribution in [0.1, 0.15) is 16.7 Å². The minimum atomic E-state index is -4.57. The molecule has 0 fully saturated rings. The number of aryl methyl sites for hydroxylation is 3. The van der Waals surface area contributed by atoms with Crippen LogP contribution in [-0.4, -0.2) is 7.11 Å². The van der Waals surface area contributed by atoms with E-state index in [0.29, 0.717) is 34.5 Å². The quantitative estimate of drug-likeness (QED) is 0.487. The van der Waals surface area contributed by atoms with Crippen molar-refractivity contribution in [3.63, 3.8) is 0 Å². The molecule has 0 bridgehead atoms. The summed E-state index contributed by atoms with van der Waals surface area (Å²) in [6, 6.07) is 16.8. The van der Waals surface area contributed by atoms with Gasteiger partial charge in [0, 0.05) is 0 Å². The molecule has 0 amide bonds. The van der Waals surface area contributed by atoms with E-state index in [4.69, 9.17) is 27.4 Å². The van der Waals surface area contributed by atoms with Crippen molar-refractivity contribution in [2.75, 3.05) is 7.11 Å². The molecule has 0 radical (unpaired) electrons. The Bertz CT molecular complexity index is 1080. The molecule has 3 aromatic rings. The van der Waals surface area contributed by atoms with Gasteiger partial charge in [0.15, 0.2) is 0 Å². The van der Waals surface area contributed by atoms with E-state index in [-0.39, 0.29) is 0 Å². The number of methoxy groups -OCH3 is 1. The van der Waals surface area contributed by atoms with Gasteiger partial charge in [0.1, 0.15) is 0 Å². The topological polar surface area (TPSA) is 55.4 Å². The number of hydrogen-bond acceptors (Lipinski definition) is 6. The van der Waals surface area contributed by atoms with Crippen molar-refractivity contribution in [1.82, 2.24) is 0 Å². The normalized spacial score (nSPS) is 18.1. The Morgan fingerprint density at radius 2 is 1.07 bits per heavy atom. The van der Waals surface area contributed by atoms with Gasteiger partial charge in [0.05, 0.1) is 0 Å². The Morgan fingerprint density at radius 3 is 1.62 bits per heavy atom. The Hall–Kier alpha value is -3.11. The molecule has 29 heavy (non-hydrogen) atoms. The summed E-state index contributed by atoms with van der Waals surface area (Å²) in [5.74, 6) is 2.97. The van der Waals surface area contributed by atoms with Crippen LogP contribution in [0.25, 0.3) is 0 Å². The average molecular weight is 412 g/mol. The Kier molecular flexibility index (Phi) is 3.68. The molecule has 0 aliphatic carbocycles. The molecule has 1 spiro atoms. The molecule has 5 rings (SSSR count). The van der Waals surface area contributed by atoms with E-state index in [1.165, 1.54) is 0 Å². The SMILES string of the molecule is COc1ccc(C)cc1OP12(Oc3ccc(C)cc3O1)Oc1ccc(C)cc1O2. The minimum absolute atomic E-state index is 0.416. The van der Waals surface area contributed by atoms with Crippen molar-refractivity contribution in [2.24, 2.45) is 0 Å². The first-order valence-corrected chi connectivity index (χ1v) is 11.1. The van der Waals surface area contributed by atoms with Crippen LogP contribution in [0.15, 0.2) is 54.6 Å². The van der Waals surface area contributed by atoms with Gasteiger partial charge in [0.2, 0.25) is 0 Å². The molecule has 3 aromatic carbocycles. The molecular weight excluding hydrogens is 391 g/mol. The fourth-order valence-corrected chi connectivity index (χ4v) is 6.08. The predicted molar refractivity (Wildman–Crippen MR) is 110 cm³/mol. The summed E-state index contributed by atoms with van der Waals surface area (Å²) in [5, 5.41) is 0. The van der Waals surface area contributed by atoms with Gasteiger partial charge >= 0.3 is 169 Å². The van der Waals surface area contributed by atoms with Crippen molar-refractivity contribution in [1.29, 1.82) is 0 Å². The van der Waals surface area contributed by atoms with Crippen LogP contribution in [0.5, 0.6) is 34.5 Å². The first-order chi connectivity index (χ1) is 13.9. The van der Waals surface area contributed by atoms with Crippen LogP contribution < -0.4 is 27.4 Å². The maximum absolute atomic E-state index is 6.38. The molecule has 0 saturated carbocycles. The third-order valence-electron chi connectivity index (χ3n) is 4.75. The standard InChI is InChI=1S/C22H21O6P/c1-14-5-8-17(23-4)20(11-14)26-29(24-18-9-6-15(2)12-21(18)27-29)25-19-10-7-16(3)13-22(19)28-29/h5-13H,1-4H3. The molecule has 6 nitrogen and oxygen atoms in total. The molecular formula is C22H21O6P. The molecule has 0 unspecified atom stereocenters. The molecule has 2 heterocycles. The summed E-state index contributed by atoms with van der Waals surface area (Å²) in [7, 11) is -2.99. The van der Waals surface area contributed by atoms with E-state index in [0.717, 1.165) is 16.7 Å². The third-order valence-corrected chi connectivity index (χ3v) is 7.23. The van der Waals surface area contributed by atoms with Gasteiger partial charge in [-0.15, -0.1) is 0 Å². The number of benzene rings is 3. The summed E-state index contributed by atoms with van der Waals surface area (Å²) in [6.07, 6.45) is 0. The summed E-state index contributed by atoms with van der Waals surface area (Å²) < 4.78 is 36.9. The molecule has 0 aromatic heterocycles. The van der Waals surface area contributed by atoms with Gasteiger partial charge in [-0.1, -0.05) is 0 Å². The molecule has 7 heteroatoms. The average Bonchev–Trinajstić information content (AvgIpc) is 3.14. The number of hydrogen-bond donors (Lipinski definition) is 0. The van der Waals surface area contributed by atoms with E-state index < -0.39 is 7.74 Å². The summed E-state index contributed by atoms with van der Waals surface area (Å²) in [5.41, 5.74) is 3.02. The van der Waals surface area contributed by atoms with Crippen molar-refractivity contribution in [3.8, 4) is 34.5 Å². The van der Waals surface area contributed by atoms with E-state index >= 15 is 0 Å². The van der Waals surface area contributed by atoms with Crippen molar-refractivity contribution in [3.05, 3.63) is 71.3 Å². The van der Waals surface area contributed by atoms with Crippen LogP contribution in [0, 0.1) is 20.8 Å². The van der Waals surface area contributed by atoms with Gasteiger partial charge in [-0.2, -0.15) is 0 Å². The molecule has 0 atom stereocenters. The summed E-state index contributed by atoms with van der Waals surface area (Å²) in [4.78, 5) is 0. The van der Waals surface area contributed by atoms with Crippen molar-refractivity contribution < 1.29 is 27.4 Å². The van der Waals surface area contributed by atoms with Gasteiger partial charge in [-0.25, -0.2) is 0 Å². The second-order valence-electron chi connectivity index (χ2n) is 7.26. The van der Waals surface area contributed by atoms with E-state index in [2.05, 4.69) is 0 Å². The Balaban J connectivity index is 1.66. The first kappa shape index (κ1) is 18.0. The Morgan fingerprint density at radius 1 is 0.586 bits per heavy atom. The fourth-order valence-electron chi connectivity index (χ4n) is 3.37. The van der Waals surface area contributed by atoms with Gasteiger partial charge in [-0.3, -0.25) is 0 Å². The van der Waals surface area contributed by atoms with Crippen LogP contribution in [-0.2, 0) is 0 Å². The van der Waals surface area contributed by atoms with E-state index in [1.54, 1.807) is 7.11 Å². The predicted octanol–water partition coefficient (Wildman–Crippen LogP) is 6.07. The van der Waals surface area contributed by atoms with Crippen LogP contribution in [0.2, 0.25) is 0 Å². The maximum atomic E-state index is 6.38. The molecule has 0 N–H and O–H groups in total. The summed E-state index contributed by atoms with van der Waals surface area (Å²) in [6.45, 7) is 5.90.